The third kappa shape index (κ3) is 2.24. The second-order valence-corrected chi connectivity index (χ2v) is 4.59. The fraction of sp³-hybridized carbons (Fsp3) is 0.118. The number of methoxy groups -OCH3 is 1. The predicted octanol–water partition coefficient (Wildman–Crippen LogP) is 3.33. The van der Waals surface area contributed by atoms with E-state index in [1.807, 2.05) is 54.6 Å². The van der Waals surface area contributed by atoms with E-state index in [9.17, 15) is 5.11 Å². The van der Waals surface area contributed by atoms with E-state index in [0.29, 0.717) is 5.69 Å². The van der Waals surface area contributed by atoms with Gasteiger partial charge in [0.25, 0.3) is 0 Å². The van der Waals surface area contributed by atoms with Gasteiger partial charge in [-0.2, -0.15) is 0 Å². The Morgan fingerprint density at radius 3 is 2.50 bits per heavy atom. The van der Waals surface area contributed by atoms with Crippen LogP contribution in [-0.2, 0) is 0 Å². The van der Waals surface area contributed by atoms with Gasteiger partial charge in [-0.25, -0.2) is 0 Å². The Kier molecular flexibility index (Phi) is 3.35. The second-order valence-electron chi connectivity index (χ2n) is 4.59. The molecule has 0 fully saturated rings. The lowest BCUT2D eigenvalue weighted by Gasteiger charge is -2.13. The first kappa shape index (κ1) is 12.6. The molecule has 2 aromatic carbocycles. The van der Waals surface area contributed by atoms with Gasteiger partial charge in [-0.1, -0.05) is 36.4 Å². The SMILES string of the molecule is COc1ccc(C(O)c2nccc3ccccc23)cc1. The van der Waals surface area contributed by atoms with Crippen molar-refractivity contribution in [3.05, 3.63) is 72.1 Å². The average molecular weight is 265 g/mol. The van der Waals surface area contributed by atoms with Crippen molar-refractivity contribution in [3.63, 3.8) is 0 Å². The van der Waals surface area contributed by atoms with Gasteiger partial charge in [-0.3, -0.25) is 4.98 Å². The molecule has 0 aliphatic carbocycles. The zero-order valence-corrected chi connectivity index (χ0v) is 11.2. The molecule has 3 aromatic rings. The fourth-order valence-corrected chi connectivity index (χ4v) is 2.30. The maximum absolute atomic E-state index is 10.6. The van der Waals surface area contributed by atoms with Crippen molar-refractivity contribution in [1.82, 2.24) is 4.98 Å². The zero-order chi connectivity index (χ0) is 13.9. The summed E-state index contributed by atoms with van der Waals surface area (Å²) in [5.74, 6) is 0.770. The maximum Gasteiger partial charge on any atom is 0.122 e. The number of benzene rings is 2. The Bertz CT molecular complexity index is 717. The van der Waals surface area contributed by atoms with Gasteiger partial charge in [0.15, 0.2) is 0 Å². The molecule has 0 saturated heterocycles. The molecule has 100 valence electrons. The van der Waals surface area contributed by atoms with Crippen LogP contribution >= 0.6 is 0 Å². The van der Waals surface area contributed by atoms with Crippen LogP contribution in [0.1, 0.15) is 17.4 Å². The summed E-state index contributed by atoms with van der Waals surface area (Å²) < 4.78 is 5.13. The van der Waals surface area contributed by atoms with E-state index in [1.165, 1.54) is 0 Å². The molecule has 0 saturated carbocycles. The van der Waals surface area contributed by atoms with E-state index < -0.39 is 6.10 Å². The highest BCUT2D eigenvalue weighted by Crippen LogP contribution is 2.27. The van der Waals surface area contributed by atoms with Crippen molar-refractivity contribution < 1.29 is 9.84 Å². The van der Waals surface area contributed by atoms with Gasteiger partial charge in [0, 0.05) is 11.6 Å². The van der Waals surface area contributed by atoms with Crippen molar-refractivity contribution >= 4 is 10.8 Å². The van der Waals surface area contributed by atoms with Gasteiger partial charge in [0.05, 0.1) is 12.8 Å². The number of hydrogen-bond donors (Lipinski definition) is 1. The minimum Gasteiger partial charge on any atom is -0.497 e. The summed E-state index contributed by atoms with van der Waals surface area (Å²) in [7, 11) is 1.62. The van der Waals surface area contributed by atoms with Gasteiger partial charge in [-0.05, 0) is 29.1 Å². The highest BCUT2D eigenvalue weighted by atomic mass is 16.5. The fourth-order valence-electron chi connectivity index (χ4n) is 2.30. The van der Waals surface area contributed by atoms with E-state index >= 15 is 0 Å². The lowest BCUT2D eigenvalue weighted by Crippen LogP contribution is -2.03. The monoisotopic (exact) mass is 265 g/mol. The Morgan fingerprint density at radius 2 is 1.75 bits per heavy atom. The molecule has 0 aliphatic heterocycles. The van der Waals surface area contributed by atoms with E-state index in [2.05, 4.69) is 4.98 Å². The number of nitrogens with zero attached hydrogens (tertiary/aromatic N) is 1. The molecule has 1 N–H and O–H groups in total. The molecule has 0 bridgehead atoms. The minimum absolute atomic E-state index is 0.674. The van der Waals surface area contributed by atoms with E-state index in [4.69, 9.17) is 4.74 Å². The number of fused-ring (bicyclic) bond motifs is 1. The van der Waals surface area contributed by atoms with Crippen LogP contribution in [0.4, 0.5) is 0 Å². The van der Waals surface area contributed by atoms with Crippen LogP contribution in [0.2, 0.25) is 0 Å². The number of aliphatic hydroxyl groups is 1. The molecule has 1 unspecified atom stereocenters. The first-order valence-corrected chi connectivity index (χ1v) is 6.45. The largest absolute Gasteiger partial charge is 0.497 e. The molecule has 0 radical (unpaired) electrons. The van der Waals surface area contributed by atoms with Crippen LogP contribution in [0.15, 0.2) is 60.8 Å². The van der Waals surface area contributed by atoms with Gasteiger partial charge in [-0.15, -0.1) is 0 Å². The number of pyridine rings is 1. The first-order valence-electron chi connectivity index (χ1n) is 6.45. The standard InChI is InChI=1S/C17H15NO2/c1-20-14-8-6-13(7-9-14)17(19)16-15-5-3-2-4-12(15)10-11-18-16/h2-11,17,19H,1H3. The van der Waals surface area contributed by atoms with E-state index in [1.54, 1.807) is 13.3 Å². The summed E-state index contributed by atoms with van der Waals surface area (Å²) in [5, 5.41) is 12.6. The van der Waals surface area contributed by atoms with Crippen LogP contribution in [-0.4, -0.2) is 17.2 Å². The molecule has 3 rings (SSSR count). The zero-order valence-electron chi connectivity index (χ0n) is 11.2. The topological polar surface area (TPSA) is 42.4 Å². The van der Waals surface area contributed by atoms with Crippen LogP contribution in [0.25, 0.3) is 10.8 Å². The van der Waals surface area contributed by atoms with Crippen molar-refractivity contribution in [2.75, 3.05) is 7.11 Å². The molecular weight excluding hydrogens is 250 g/mol. The Balaban J connectivity index is 2.05. The van der Waals surface area contributed by atoms with Crippen LogP contribution in [0.5, 0.6) is 5.75 Å². The molecule has 20 heavy (non-hydrogen) atoms. The predicted molar refractivity (Wildman–Crippen MR) is 78.8 cm³/mol. The number of rotatable bonds is 3. The highest BCUT2D eigenvalue weighted by molar-refractivity contribution is 5.84. The van der Waals surface area contributed by atoms with E-state index in [0.717, 1.165) is 22.1 Å². The number of hydrogen-bond acceptors (Lipinski definition) is 3. The van der Waals surface area contributed by atoms with Crippen LogP contribution in [0, 0.1) is 0 Å². The second kappa shape index (κ2) is 5.31. The third-order valence-corrected chi connectivity index (χ3v) is 3.40. The summed E-state index contributed by atoms with van der Waals surface area (Å²) in [6.45, 7) is 0. The summed E-state index contributed by atoms with van der Waals surface area (Å²) in [5.41, 5.74) is 1.47. The van der Waals surface area contributed by atoms with Gasteiger partial charge < -0.3 is 9.84 Å². The smallest absolute Gasteiger partial charge is 0.122 e. The molecule has 1 heterocycles. The molecule has 1 atom stereocenters. The Hall–Kier alpha value is -2.39. The van der Waals surface area contributed by atoms with Crippen molar-refractivity contribution in [1.29, 1.82) is 0 Å². The first-order chi connectivity index (χ1) is 9.79. The summed E-state index contributed by atoms with van der Waals surface area (Å²) >= 11 is 0. The van der Waals surface area contributed by atoms with Gasteiger partial charge in [0.2, 0.25) is 0 Å². The van der Waals surface area contributed by atoms with Crippen molar-refractivity contribution in [2.24, 2.45) is 0 Å². The maximum atomic E-state index is 10.6. The average Bonchev–Trinajstić information content (AvgIpc) is 2.54. The molecule has 1 aromatic heterocycles. The Morgan fingerprint density at radius 1 is 1.00 bits per heavy atom. The molecule has 0 spiro atoms. The summed E-state index contributed by atoms with van der Waals surface area (Å²) in [6.07, 6.45) is 0.983. The third-order valence-electron chi connectivity index (χ3n) is 3.40. The molecule has 3 nitrogen and oxygen atoms in total. The van der Waals surface area contributed by atoms with E-state index in [-0.39, 0.29) is 0 Å². The highest BCUT2D eigenvalue weighted by Gasteiger charge is 2.14. The minimum atomic E-state index is -0.744. The lowest BCUT2D eigenvalue weighted by atomic mass is 10.0. The summed E-state index contributed by atoms with van der Waals surface area (Å²) in [6, 6.07) is 17.2. The number of aliphatic hydroxyl groups excluding tert-OH is 1. The Labute approximate surface area is 117 Å². The molecule has 0 aliphatic rings. The lowest BCUT2D eigenvalue weighted by molar-refractivity contribution is 0.217. The molecular formula is C17H15NO2. The molecule has 3 heteroatoms. The number of aromatic nitrogens is 1. The van der Waals surface area contributed by atoms with Gasteiger partial charge >= 0.3 is 0 Å². The van der Waals surface area contributed by atoms with Crippen LogP contribution < -0.4 is 4.74 Å². The van der Waals surface area contributed by atoms with Crippen molar-refractivity contribution in [3.8, 4) is 5.75 Å². The number of ether oxygens (including phenoxy) is 1. The van der Waals surface area contributed by atoms with Gasteiger partial charge in [0.1, 0.15) is 11.9 Å². The quantitative estimate of drug-likeness (QED) is 0.790. The normalized spacial score (nSPS) is 12.3. The summed E-state index contributed by atoms with van der Waals surface area (Å²) in [4.78, 5) is 4.34. The van der Waals surface area contributed by atoms with Crippen LogP contribution in [0.3, 0.4) is 0 Å². The van der Waals surface area contributed by atoms with Crippen molar-refractivity contribution in [2.45, 2.75) is 6.10 Å². The molecule has 0 amide bonds.